The SMILES string of the molecule is C=CC(=O)Nc1ccc(C(=O)N[C@H]2CCC[C@@H](C(=O)OC(C)(C)C)C2)cc1. The number of anilines is 1. The molecule has 0 saturated heterocycles. The molecule has 146 valence electrons. The van der Waals surface area contributed by atoms with Gasteiger partial charge in [0.25, 0.3) is 5.91 Å². The van der Waals surface area contributed by atoms with Crippen LogP contribution < -0.4 is 10.6 Å². The van der Waals surface area contributed by atoms with Gasteiger partial charge in [-0.15, -0.1) is 0 Å². The average Bonchev–Trinajstić information content (AvgIpc) is 2.61. The first-order valence-electron chi connectivity index (χ1n) is 9.25. The normalized spacial score (nSPS) is 19.7. The zero-order chi connectivity index (χ0) is 20.0. The molecule has 27 heavy (non-hydrogen) atoms. The maximum atomic E-state index is 12.5. The molecule has 6 heteroatoms. The Bertz CT molecular complexity index is 704. The van der Waals surface area contributed by atoms with Crippen LogP contribution in [-0.4, -0.2) is 29.4 Å². The Labute approximate surface area is 160 Å². The van der Waals surface area contributed by atoms with Crippen LogP contribution in [0, 0.1) is 5.92 Å². The Kier molecular flexibility index (Phi) is 6.77. The fourth-order valence-corrected chi connectivity index (χ4v) is 3.09. The third-order valence-corrected chi connectivity index (χ3v) is 4.35. The molecular formula is C21H28N2O4. The van der Waals surface area contributed by atoms with E-state index < -0.39 is 5.60 Å². The summed E-state index contributed by atoms with van der Waals surface area (Å²) >= 11 is 0. The van der Waals surface area contributed by atoms with Crippen LogP contribution in [0.15, 0.2) is 36.9 Å². The van der Waals surface area contributed by atoms with E-state index in [4.69, 9.17) is 4.74 Å². The smallest absolute Gasteiger partial charge is 0.309 e. The fraction of sp³-hybridized carbons (Fsp3) is 0.476. The first-order valence-corrected chi connectivity index (χ1v) is 9.25. The van der Waals surface area contributed by atoms with Crippen LogP contribution in [0.5, 0.6) is 0 Å². The molecule has 0 spiro atoms. The van der Waals surface area contributed by atoms with Crippen LogP contribution in [0.3, 0.4) is 0 Å². The van der Waals surface area contributed by atoms with Crippen molar-refractivity contribution in [3.8, 4) is 0 Å². The molecule has 1 aliphatic carbocycles. The van der Waals surface area contributed by atoms with Crippen LogP contribution in [0.4, 0.5) is 5.69 Å². The first-order chi connectivity index (χ1) is 12.7. The molecule has 2 rings (SSSR count). The van der Waals surface area contributed by atoms with Gasteiger partial charge in [-0.1, -0.05) is 13.0 Å². The van der Waals surface area contributed by atoms with Crippen LogP contribution >= 0.6 is 0 Å². The quantitative estimate of drug-likeness (QED) is 0.612. The summed E-state index contributed by atoms with van der Waals surface area (Å²) < 4.78 is 5.48. The second kappa shape index (κ2) is 8.84. The average molecular weight is 372 g/mol. The maximum absolute atomic E-state index is 12.5. The summed E-state index contributed by atoms with van der Waals surface area (Å²) in [5.74, 6) is -0.863. The predicted octanol–water partition coefficient (Wildman–Crippen LogP) is 3.44. The zero-order valence-electron chi connectivity index (χ0n) is 16.2. The Balaban J connectivity index is 1.92. The standard InChI is InChI=1S/C21H28N2O4/c1-5-18(24)22-16-11-9-14(10-12-16)19(25)23-17-8-6-7-15(13-17)20(26)27-21(2,3)4/h5,9-12,15,17H,1,6-8,13H2,2-4H3,(H,22,24)(H,23,25)/t15-,17+/m1/s1. The summed E-state index contributed by atoms with van der Waals surface area (Å²) in [6, 6.07) is 6.59. The largest absolute Gasteiger partial charge is 0.460 e. The molecule has 0 aromatic heterocycles. The minimum Gasteiger partial charge on any atom is -0.460 e. The Hall–Kier alpha value is -2.63. The highest BCUT2D eigenvalue weighted by atomic mass is 16.6. The van der Waals surface area contributed by atoms with E-state index in [0.717, 1.165) is 19.3 Å². The molecule has 2 atom stereocenters. The molecule has 0 aliphatic heterocycles. The minimum atomic E-state index is -0.504. The monoisotopic (exact) mass is 372 g/mol. The number of carbonyl (C=O) groups is 3. The van der Waals surface area contributed by atoms with E-state index >= 15 is 0 Å². The molecule has 1 aromatic carbocycles. The summed E-state index contributed by atoms with van der Waals surface area (Å²) in [5.41, 5.74) is 0.598. The molecule has 0 unspecified atom stereocenters. The van der Waals surface area contributed by atoms with E-state index in [9.17, 15) is 14.4 Å². The second-order valence-electron chi connectivity index (χ2n) is 7.84. The van der Waals surface area contributed by atoms with Gasteiger partial charge in [-0.05, 0) is 70.4 Å². The van der Waals surface area contributed by atoms with E-state index in [0.29, 0.717) is 17.7 Å². The van der Waals surface area contributed by atoms with E-state index in [-0.39, 0.29) is 29.7 Å². The van der Waals surface area contributed by atoms with Gasteiger partial charge in [0, 0.05) is 17.3 Å². The summed E-state index contributed by atoms with van der Waals surface area (Å²) in [5, 5.41) is 5.64. The molecule has 1 aliphatic rings. The molecule has 1 aromatic rings. The van der Waals surface area contributed by atoms with Crippen LogP contribution in [0.25, 0.3) is 0 Å². The number of ether oxygens (including phenoxy) is 1. The van der Waals surface area contributed by atoms with Gasteiger partial charge in [-0.3, -0.25) is 14.4 Å². The number of nitrogens with one attached hydrogen (secondary N) is 2. The number of rotatable bonds is 5. The Morgan fingerprint density at radius 1 is 1.15 bits per heavy atom. The number of benzene rings is 1. The lowest BCUT2D eigenvalue weighted by Gasteiger charge is -2.30. The molecule has 0 bridgehead atoms. The molecule has 2 N–H and O–H groups in total. The van der Waals surface area contributed by atoms with Crippen LogP contribution in [0.1, 0.15) is 56.8 Å². The maximum Gasteiger partial charge on any atom is 0.309 e. The molecule has 0 radical (unpaired) electrons. The van der Waals surface area contributed by atoms with E-state index in [1.165, 1.54) is 6.08 Å². The summed E-state index contributed by atoms with van der Waals surface area (Å²) in [7, 11) is 0. The van der Waals surface area contributed by atoms with Crippen molar-refractivity contribution in [2.45, 2.75) is 58.1 Å². The van der Waals surface area contributed by atoms with Gasteiger partial charge >= 0.3 is 5.97 Å². The third-order valence-electron chi connectivity index (χ3n) is 4.35. The lowest BCUT2D eigenvalue weighted by Crippen LogP contribution is -2.41. The lowest BCUT2D eigenvalue weighted by molar-refractivity contribution is -0.161. The van der Waals surface area contributed by atoms with Crippen molar-refractivity contribution in [3.05, 3.63) is 42.5 Å². The summed E-state index contributed by atoms with van der Waals surface area (Å²) in [4.78, 5) is 36.1. The van der Waals surface area contributed by atoms with Gasteiger partial charge in [0.15, 0.2) is 0 Å². The number of carbonyl (C=O) groups excluding carboxylic acids is 3. The molecule has 2 amide bonds. The van der Waals surface area contributed by atoms with Gasteiger partial charge in [-0.25, -0.2) is 0 Å². The Morgan fingerprint density at radius 2 is 1.81 bits per heavy atom. The summed E-state index contributed by atoms with van der Waals surface area (Å²) in [6.07, 6.45) is 4.29. The van der Waals surface area contributed by atoms with Crippen molar-refractivity contribution < 1.29 is 19.1 Å². The molecule has 1 saturated carbocycles. The van der Waals surface area contributed by atoms with Gasteiger partial charge in [0.2, 0.25) is 5.91 Å². The van der Waals surface area contributed by atoms with Crippen molar-refractivity contribution in [1.29, 1.82) is 0 Å². The minimum absolute atomic E-state index is 0.0519. The predicted molar refractivity (Wildman–Crippen MR) is 104 cm³/mol. The van der Waals surface area contributed by atoms with Crippen molar-refractivity contribution >= 4 is 23.5 Å². The fourth-order valence-electron chi connectivity index (χ4n) is 3.09. The topological polar surface area (TPSA) is 84.5 Å². The highest BCUT2D eigenvalue weighted by Crippen LogP contribution is 2.27. The lowest BCUT2D eigenvalue weighted by atomic mass is 9.85. The third kappa shape index (κ3) is 6.55. The molecule has 1 fully saturated rings. The second-order valence-corrected chi connectivity index (χ2v) is 7.84. The molecular weight excluding hydrogens is 344 g/mol. The van der Waals surface area contributed by atoms with Gasteiger partial charge in [0.05, 0.1) is 5.92 Å². The molecule has 6 nitrogen and oxygen atoms in total. The van der Waals surface area contributed by atoms with Crippen LogP contribution in [-0.2, 0) is 14.3 Å². The van der Waals surface area contributed by atoms with Gasteiger partial charge in [0.1, 0.15) is 5.60 Å². The number of esters is 1. The number of hydrogen-bond donors (Lipinski definition) is 2. The highest BCUT2D eigenvalue weighted by molar-refractivity contribution is 5.99. The highest BCUT2D eigenvalue weighted by Gasteiger charge is 2.31. The zero-order valence-corrected chi connectivity index (χ0v) is 16.2. The molecule has 0 heterocycles. The van der Waals surface area contributed by atoms with Crippen LogP contribution in [0.2, 0.25) is 0 Å². The van der Waals surface area contributed by atoms with E-state index in [1.807, 2.05) is 20.8 Å². The Morgan fingerprint density at radius 3 is 2.41 bits per heavy atom. The van der Waals surface area contributed by atoms with E-state index in [2.05, 4.69) is 17.2 Å². The van der Waals surface area contributed by atoms with Crippen molar-refractivity contribution in [2.24, 2.45) is 5.92 Å². The van der Waals surface area contributed by atoms with Crippen molar-refractivity contribution in [1.82, 2.24) is 5.32 Å². The first kappa shape index (κ1) is 20.7. The van der Waals surface area contributed by atoms with Crippen molar-refractivity contribution in [3.63, 3.8) is 0 Å². The van der Waals surface area contributed by atoms with Gasteiger partial charge in [-0.2, -0.15) is 0 Å². The number of hydrogen-bond acceptors (Lipinski definition) is 4. The van der Waals surface area contributed by atoms with Crippen molar-refractivity contribution in [2.75, 3.05) is 5.32 Å². The van der Waals surface area contributed by atoms with Gasteiger partial charge < -0.3 is 15.4 Å². The van der Waals surface area contributed by atoms with E-state index in [1.54, 1.807) is 24.3 Å². The summed E-state index contributed by atoms with van der Waals surface area (Å²) in [6.45, 7) is 8.96. The number of amides is 2.